The zero-order valence-corrected chi connectivity index (χ0v) is 8.15. The number of ketones is 1. The lowest BCUT2D eigenvalue weighted by Gasteiger charge is -1.98. The number of rotatable bonds is 3. The summed E-state index contributed by atoms with van der Waals surface area (Å²) >= 11 is 0. The second-order valence-corrected chi connectivity index (χ2v) is 3.03. The molecular formula is C11H11NO2. The summed E-state index contributed by atoms with van der Waals surface area (Å²) in [4.78, 5) is 21.4. The zero-order valence-electron chi connectivity index (χ0n) is 8.15. The molecule has 0 heterocycles. The molecule has 0 aromatic heterocycles. The Bertz CT molecular complexity index is 394. The molecule has 0 atom stereocenters. The van der Waals surface area contributed by atoms with Crippen molar-refractivity contribution in [2.75, 3.05) is 0 Å². The van der Waals surface area contributed by atoms with Gasteiger partial charge in [-0.25, -0.2) is 0 Å². The van der Waals surface area contributed by atoms with Gasteiger partial charge in [0.15, 0.2) is 5.78 Å². The van der Waals surface area contributed by atoms with Gasteiger partial charge in [0.05, 0.1) is 0 Å². The molecule has 0 bridgehead atoms. The fraction of sp³-hybridized carbons (Fsp3) is 0.182. The summed E-state index contributed by atoms with van der Waals surface area (Å²) in [5, 5.41) is 2.88. The van der Waals surface area contributed by atoms with Gasteiger partial charge in [0, 0.05) is 5.56 Å². The Hall–Kier alpha value is -1.77. The SMILES string of the molecule is CC(=O)/C(C)=C/c1ccccc1N=O. The molecule has 1 aromatic carbocycles. The van der Waals surface area contributed by atoms with E-state index in [1.807, 2.05) is 0 Å². The van der Waals surface area contributed by atoms with E-state index in [-0.39, 0.29) is 5.78 Å². The minimum Gasteiger partial charge on any atom is -0.295 e. The molecule has 0 unspecified atom stereocenters. The highest BCUT2D eigenvalue weighted by Crippen LogP contribution is 2.20. The van der Waals surface area contributed by atoms with Crippen molar-refractivity contribution in [3.8, 4) is 0 Å². The molecule has 1 rings (SSSR count). The smallest absolute Gasteiger partial charge is 0.155 e. The van der Waals surface area contributed by atoms with E-state index in [9.17, 15) is 9.70 Å². The van der Waals surface area contributed by atoms with Crippen molar-refractivity contribution in [2.45, 2.75) is 13.8 Å². The lowest BCUT2D eigenvalue weighted by Crippen LogP contribution is -1.90. The van der Waals surface area contributed by atoms with Crippen LogP contribution < -0.4 is 0 Å². The maximum atomic E-state index is 11.0. The Kier molecular flexibility index (Phi) is 3.29. The Balaban J connectivity index is 3.13. The van der Waals surface area contributed by atoms with Crippen LogP contribution in [0.25, 0.3) is 6.08 Å². The van der Waals surface area contributed by atoms with Crippen LogP contribution in [0.4, 0.5) is 5.69 Å². The van der Waals surface area contributed by atoms with E-state index in [1.54, 1.807) is 37.3 Å². The third kappa shape index (κ3) is 2.36. The van der Waals surface area contributed by atoms with E-state index in [0.717, 1.165) is 0 Å². The minimum atomic E-state index is -0.00861. The highest BCUT2D eigenvalue weighted by atomic mass is 16.3. The average Bonchev–Trinajstić information content (AvgIpc) is 2.18. The van der Waals surface area contributed by atoms with E-state index in [1.165, 1.54) is 6.92 Å². The van der Waals surface area contributed by atoms with Crippen molar-refractivity contribution in [1.82, 2.24) is 0 Å². The van der Waals surface area contributed by atoms with Crippen molar-refractivity contribution in [3.05, 3.63) is 40.3 Å². The van der Waals surface area contributed by atoms with Gasteiger partial charge >= 0.3 is 0 Å². The summed E-state index contributed by atoms with van der Waals surface area (Å²) in [5.74, 6) is -0.00861. The summed E-state index contributed by atoms with van der Waals surface area (Å²) in [6.45, 7) is 3.20. The molecule has 0 saturated heterocycles. The van der Waals surface area contributed by atoms with Crippen LogP contribution in [-0.2, 0) is 4.79 Å². The molecule has 0 fully saturated rings. The second kappa shape index (κ2) is 4.46. The second-order valence-electron chi connectivity index (χ2n) is 3.03. The van der Waals surface area contributed by atoms with Crippen molar-refractivity contribution in [3.63, 3.8) is 0 Å². The number of nitroso groups, excluding NO2 is 1. The van der Waals surface area contributed by atoms with Crippen molar-refractivity contribution < 1.29 is 4.79 Å². The van der Waals surface area contributed by atoms with Crippen LogP contribution in [0.2, 0.25) is 0 Å². The Morgan fingerprint density at radius 2 is 1.93 bits per heavy atom. The number of allylic oxidation sites excluding steroid dienone is 1. The summed E-state index contributed by atoms with van der Waals surface area (Å²) in [5.41, 5.74) is 1.64. The van der Waals surface area contributed by atoms with Gasteiger partial charge in [0.1, 0.15) is 5.69 Å². The predicted molar refractivity (Wildman–Crippen MR) is 56.2 cm³/mol. The zero-order chi connectivity index (χ0) is 10.6. The van der Waals surface area contributed by atoms with E-state index in [0.29, 0.717) is 16.8 Å². The summed E-state index contributed by atoms with van der Waals surface area (Å²) < 4.78 is 0. The first-order valence-electron chi connectivity index (χ1n) is 4.27. The van der Waals surface area contributed by atoms with E-state index in [4.69, 9.17) is 0 Å². The predicted octanol–water partition coefficient (Wildman–Crippen LogP) is 3.08. The normalized spacial score (nSPS) is 11.1. The monoisotopic (exact) mass is 189 g/mol. The first-order chi connectivity index (χ1) is 6.65. The minimum absolute atomic E-state index is 0.00861. The molecule has 3 nitrogen and oxygen atoms in total. The quantitative estimate of drug-likeness (QED) is 0.541. The van der Waals surface area contributed by atoms with Gasteiger partial charge < -0.3 is 0 Å². The van der Waals surface area contributed by atoms with Gasteiger partial charge in [0.2, 0.25) is 0 Å². The summed E-state index contributed by atoms with van der Waals surface area (Å²) in [6.07, 6.45) is 1.67. The first kappa shape index (κ1) is 10.3. The van der Waals surface area contributed by atoms with Crippen LogP contribution in [-0.4, -0.2) is 5.78 Å². The molecule has 1 aromatic rings. The van der Waals surface area contributed by atoms with Crippen molar-refractivity contribution >= 4 is 17.5 Å². The standard InChI is InChI=1S/C11H11NO2/c1-8(9(2)13)7-10-5-3-4-6-11(10)12-14/h3-7H,1-2H3/b8-7+. The van der Waals surface area contributed by atoms with Gasteiger partial charge in [-0.3, -0.25) is 4.79 Å². The van der Waals surface area contributed by atoms with Crippen molar-refractivity contribution in [2.24, 2.45) is 5.18 Å². The number of carbonyl (C=O) groups excluding carboxylic acids is 1. The lowest BCUT2D eigenvalue weighted by atomic mass is 10.1. The maximum absolute atomic E-state index is 11.0. The molecule has 14 heavy (non-hydrogen) atoms. The maximum Gasteiger partial charge on any atom is 0.155 e. The van der Waals surface area contributed by atoms with Crippen LogP contribution in [0.1, 0.15) is 19.4 Å². The van der Waals surface area contributed by atoms with Crippen LogP contribution in [0, 0.1) is 4.91 Å². The van der Waals surface area contributed by atoms with Gasteiger partial charge in [-0.15, -0.1) is 4.91 Å². The molecule has 0 saturated carbocycles. The van der Waals surface area contributed by atoms with Gasteiger partial charge in [-0.2, -0.15) is 0 Å². The fourth-order valence-electron chi connectivity index (χ4n) is 1.03. The molecule has 0 radical (unpaired) electrons. The number of benzene rings is 1. The largest absolute Gasteiger partial charge is 0.295 e. The number of nitrogens with zero attached hydrogens (tertiary/aromatic N) is 1. The van der Waals surface area contributed by atoms with Crippen molar-refractivity contribution in [1.29, 1.82) is 0 Å². The number of hydrogen-bond acceptors (Lipinski definition) is 3. The van der Waals surface area contributed by atoms with E-state index in [2.05, 4.69) is 5.18 Å². The fourth-order valence-corrected chi connectivity index (χ4v) is 1.03. The molecule has 0 amide bonds. The Morgan fingerprint density at radius 3 is 2.50 bits per heavy atom. The Labute approximate surface area is 82.4 Å². The molecule has 0 aliphatic heterocycles. The molecule has 0 aliphatic rings. The topological polar surface area (TPSA) is 46.5 Å². The average molecular weight is 189 g/mol. The van der Waals surface area contributed by atoms with Crippen LogP contribution in [0.3, 0.4) is 0 Å². The Morgan fingerprint density at radius 1 is 1.29 bits per heavy atom. The number of carbonyl (C=O) groups is 1. The molecular weight excluding hydrogens is 178 g/mol. The molecule has 0 N–H and O–H groups in total. The molecule has 0 spiro atoms. The highest BCUT2D eigenvalue weighted by Gasteiger charge is 2.01. The highest BCUT2D eigenvalue weighted by molar-refractivity contribution is 5.97. The van der Waals surface area contributed by atoms with Gasteiger partial charge in [0.25, 0.3) is 0 Å². The first-order valence-corrected chi connectivity index (χ1v) is 4.27. The van der Waals surface area contributed by atoms with Gasteiger partial charge in [-0.05, 0) is 36.7 Å². The van der Waals surface area contributed by atoms with Crippen LogP contribution in [0.15, 0.2) is 35.0 Å². The molecule has 0 aliphatic carbocycles. The lowest BCUT2D eigenvalue weighted by molar-refractivity contribution is -0.113. The molecule has 3 heteroatoms. The van der Waals surface area contributed by atoms with E-state index >= 15 is 0 Å². The summed E-state index contributed by atoms with van der Waals surface area (Å²) in [7, 11) is 0. The number of hydrogen-bond donors (Lipinski definition) is 0. The van der Waals surface area contributed by atoms with Crippen LogP contribution >= 0.6 is 0 Å². The third-order valence-corrected chi connectivity index (χ3v) is 1.96. The summed E-state index contributed by atoms with van der Waals surface area (Å²) in [6, 6.07) is 6.90. The molecule has 72 valence electrons. The van der Waals surface area contributed by atoms with Gasteiger partial charge in [-0.1, -0.05) is 18.2 Å². The number of Topliss-reactive ketones (excluding diaryl/α,β-unsaturated/α-hetero) is 1. The third-order valence-electron chi connectivity index (χ3n) is 1.96. The van der Waals surface area contributed by atoms with Crippen LogP contribution in [0.5, 0.6) is 0 Å². The van der Waals surface area contributed by atoms with E-state index < -0.39 is 0 Å².